The Morgan fingerprint density at radius 2 is 1.82 bits per heavy atom. The predicted octanol–water partition coefficient (Wildman–Crippen LogP) is 4.91. The van der Waals surface area contributed by atoms with Gasteiger partial charge >= 0.3 is 6.61 Å². The summed E-state index contributed by atoms with van der Waals surface area (Å²) < 4.78 is 49.7. The summed E-state index contributed by atoms with van der Waals surface area (Å²) in [4.78, 5) is 46.0. The Bertz CT molecular complexity index is 1520. The second kappa shape index (κ2) is 13.4. The highest BCUT2D eigenvalue weighted by Gasteiger charge is 2.39. The van der Waals surface area contributed by atoms with Crippen LogP contribution in [0.15, 0.2) is 60.7 Å². The van der Waals surface area contributed by atoms with E-state index < -0.39 is 24.4 Å². The molecule has 2 atom stereocenters. The van der Waals surface area contributed by atoms with Gasteiger partial charge in [-0.3, -0.25) is 14.4 Å². The van der Waals surface area contributed by atoms with Crippen LogP contribution < -0.4 is 19.7 Å². The van der Waals surface area contributed by atoms with E-state index in [-0.39, 0.29) is 48.0 Å². The highest BCUT2D eigenvalue weighted by molar-refractivity contribution is 6.04. The molecule has 1 aromatic heterocycles. The summed E-state index contributed by atoms with van der Waals surface area (Å²) in [6.07, 6.45) is 2.37. The second-order valence-electron chi connectivity index (χ2n) is 11.0. The Kier molecular flexibility index (Phi) is 9.36. The highest BCUT2D eigenvalue weighted by atomic mass is 19.3. The number of likely N-dealkylation sites (tertiary alicyclic amines) is 1. The van der Waals surface area contributed by atoms with Crippen LogP contribution in [0.5, 0.6) is 11.5 Å². The number of carbonyl (C=O) groups is 3. The van der Waals surface area contributed by atoms with Crippen molar-refractivity contribution in [2.45, 2.75) is 51.3 Å². The molecule has 0 bridgehead atoms. The zero-order valence-electron chi connectivity index (χ0n) is 24.3. The van der Waals surface area contributed by atoms with Crippen LogP contribution in [0.25, 0.3) is 0 Å². The van der Waals surface area contributed by atoms with Crippen LogP contribution in [0.1, 0.15) is 53.8 Å². The van der Waals surface area contributed by atoms with Gasteiger partial charge in [0.2, 0.25) is 11.8 Å². The minimum absolute atomic E-state index is 0.0198. The molecule has 2 aliphatic rings. The molecule has 1 saturated carbocycles. The van der Waals surface area contributed by atoms with Crippen molar-refractivity contribution in [2.24, 2.45) is 5.92 Å². The SMILES string of the molecule is CC(=O)N1CC(c2ccc(OC(F)F)c(OCC3CC3)c2)C[C@@H]1C(=O)NCc1cccc(C(=O)N(C)c2ccc(F)cc2)n1. The number of ether oxygens (including phenoxy) is 2. The molecule has 2 fully saturated rings. The number of rotatable bonds is 11. The lowest BCUT2D eigenvalue weighted by molar-refractivity contribution is -0.136. The maximum atomic E-state index is 13.3. The Morgan fingerprint density at radius 3 is 2.50 bits per heavy atom. The van der Waals surface area contributed by atoms with Gasteiger partial charge < -0.3 is 24.6 Å². The summed E-state index contributed by atoms with van der Waals surface area (Å²) in [6, 6.07) is 14.3. The van der Waals surface area contributed by atoms with Crippen molar-refractivity contribution < 1.29 is 37.0 Å². The lowest BCUT2D eigenvalue weighted by Crippen LogP contribution is -2.45. The molecule has 1 unspecified atom stereocenters. The minimum atomic E-state index is -3.00. The molecule has 1 N–H and O–H groups in total. The average molecular weight is 611 g/mol. The van der Waals surface area contributed by atoms with E-state index in [0.29, 0.717) is 30.3 Å². The van der Waals surface area contributed by atoms with Crippen molar-refractivity contribution in [3.63, 3.8) is 0 Å². The smallest absolute Gasteiger partial charge is 0.387 e. The molecule has 2 heterocycles. The molecular formula is C32H33F3N4O5. The molecule has 0 spiro atoms. The van der Waals surface area contributed by atoms with Crippen LogP contribution in [-0.2, 0) is 16.1 Å². The maximum absolute atomic E-state index is 13.3. The van der Waals surface area contributed by atoms with Crippen LogP contribution in [0.3, 0.4) is 0 Å². The van der Waals surface area contributed by atoms with Crippen LogP contribution in [0.4, 0.5) is 18.9 Å². The quantitative estimate of drug-likeness (QED) is 0.331. The predicted molar refractivity (Wildman–Crippen MR) is 155 cm³/mol. The first-order chi connectivity index (χ1) is 21.1. The van der Waals surface area contributed by atoms with Gasteiger partial charge in [-0.05, 0) is 79.3 Å². The molecule has 1 saturated heterocycles. The molecule has 9 nitrogen and oxygen atoms in total. The molecule has 3 aromatic rings. The second-order valence-corrected chi connectivity index (χ2v) is 11.0. The summed E-state index contributed by atoms with van der Waals surface area (Å²) in [5.74, 6) is -1.16. The third kappa shape index (κ3) is 7.47. The fraction of sp³-hybridized carbons (Fsp3) is 0.375. The molecule has 44 heavy (non-hydrogen) atoms. The fourth-order valence-corrected chi connectivity index (χ4v) is 5.20. The summed E-state index contributed by atoms with van der Waals surface area (Å²) >= 11 is 0. The number of benzene rings is 2. The molecular weight excluding hydrogens is 577 g/mol. The monoisotopic (exact) mass is 610 g/mol. The zero-order chi connectivity index (χ0) is 31.4. The number of nitrogens with one attached hydrogen (secondary N) is 1. The average Bonchev–Trinajstić information content (AvgIpc) is 3.73. The van der Waals surface area contributed by atoms with Gasteiger partial charge in [-0.25, -0.2) is 9.37 Å². The number of carbonyl (C=O) groups excluding carboxylic acids is 3. The molecule has 5 rings (SSSR count). The third-order valence-electron chi connectivity index (χ3n) is 7.82. The van der Waals surface area contributed by atoms with E-state index in [2.05, 4.69) is 15.0 Å². The van der Waals surface area contributed by atoms with E-state index in [1.54, 1.807) is 37.4 Å². The number of hydrogen-bond donors (Lipinski definition) is 1. The van der Waals surface area contributed by atoms with Crippen LogP contribution in [0, 0.1) is 11.7 Å². The number of amides is 3. The highest BCUT2D eigenvalue weighted by Crippen LogP contribution is 2.39. The van der Waals surface area contributed by atoms with E-state index in [4.69, 9.17) is 4.74 Å². The lowest BCUT2D eigenvalue weighted by Gasteiger charge is -2.22. The molecule has 3 amide bonds. The fourth-order valence-electron chi connectivity index (χ4n) is 5.20. The van der Waals surface area contributed by atoms with Gasteiger partial charge in [0.1, 0.15) is 17.6 Å². The van der Waals surface area contributed by atoms with Crippen LogP contribution in [-0.4, -0.2) is 60.5 Å². The first-order valence-corrected chi connectivity index (χ1v) is 14.3. The van der Waals surface area contributed by atoms with Gasteiger partial charge in [-0.2, -0.15) is 8.78 Å². The van der Waals surface area contributed by atoms with Crippen LogP contribution >= 0.6 is 0 Å². The van der Waals surface area contributed by atoms with Crippen molar-refractivity contribution in [1.29, 1.82) is 0 Å². The Morgan fingerprint density at radius 1 is 1.07 bits per heavy atom. The van der Waals surface area contributed by atoms with Crippen molar-refractivity contribution >= 4 is 23.4 Å². The number of pyridine rings is 1. The van der Waals surface area contributed by atoms with E-state index >= 15 is 0 Å². The molecule has 232 valence electrons. The summed E-state index contributed by atoms with van der Waals surface area (Å²) in [5, 5.41) is 2.82. The third-order valence-corrected chi connectivity index (χ3v) is 7.82. The maximum Gasteiger partial charge on any atom is 0.387 e. The number of nitrogens with zero attached hydrogens (tertiary/aromatic N) is 3. The Labute approximate surface area is 253 Å². The number of hydrogen-bond acceptors (Lipinski definition) is 6. The number of aromatic nitrogens is 1. The number of anilines is 1. The standard InChI is InChI=1S/C32H33F3N4O5/c1-19(40)39-17-22(21-8-13-28(44-32(34)35)29(15-21)43-18-20-6-7-20)14-27(39)30(41)36-16-24-4-3-5-26(37-24)31(42)38(2)25-11-9-23(33)10-12-25/h3-5,8-13,15,20,22,27,32H,6-7,14,16-18H2,1-2H3,(H,36,41)/t22?,27-/m1/s1. The van der Waals surface area contributed by atoms with E-state index in [1.807, 2.05) is 0 Å². The van der Waals surface area contributed by atoms with Gasteiger partial charge in [0.15, 0.2) is 11.5 Å². The number of alkyl halides is 2. The van der Waals surface area contributed by atoms with Crippen molar-refractivity contribution in [3.05, 3.63) is 83.4 Å². The molecule has 2 aromatic carbocycles. The number of halogens is 3. The molecule has 1 aliphatic carbocycles. The normalized spacial score (nSPS) is 17.8. The largest absolute Gasteiger partial charge is 0.489 e. The van der Waals surface area contributed by atoms with Crippen molar-refractivity contribution in [2.75, 3.05) is 25.1 Å². The van der Waals surface area contributed by atoms with Crippen molar-refractivity contribution in [3.8, 4) is 11.5 Å². The van der Waals surface area contributed by atoms with E-state index in [1.165, 1.54) is 47.1 Å². The molecule has 0 radical (unpaired) electrons. The van der Waals surface area contributed by atoms with Crippen LogP contribution in [0.2, 0.25) is 0 Å². The van der Waals surface area contributed by atoms with Gasteiger partial charge in [0, 0.05) is 32.1 Å². The first kappa shape index (κ1) is 30.8. The van der Waals surface area contributed by atoms with E-state index in [0.717, 1.165) is 18.4 Å². The van der Waals surface area contributed by atoms with E-state index in [9.17, 15) is 27.6 Å². The zero-order valence-corrected chi connectivity index (χ0v) is 24.3. The minimum Gasteiger partial charge on any atom is -0.489 e. The summed E-state index contributed by atoms with van der Waals surface area (Å²) in [5.41, 5.74) is 1.83. The Hall–Kier alpha value is -4.61. The van der Waals surface area contributed by atoms with Gasteiger partial charge in [-0.15, -0.1) is 0 Å². The summed E-state index contributed by atoms with van der Waals surface area (Å²) in [7, 11) is 1.56. The first-order valence-electron chi connectivity index (χ1n) is 14.3. The van der Waals surface area contributed by atoms with Gasteiger partial charge in [0.25, 0.3) is 5.91 Å². The Balaban J connectivity index is 1.25. The van der Waals surface area contributed by atoms with Gasteiger partial charge in [-0.1, -0.05) is 12.1 Å². The topological polar surface area (TPSA) is 101 Å². The molecule has 12 heteroatoms. The van der Waals surface area contributed by atoms with Gasteiger partial charge in [0.05, 0.1) is 18.8 Å². The van der Waals surface area contributed by atoms with Crippen molar-refractivity contribution in [1.82, 2.24) is 15.2 Å². The lowest BCUT2D eigenvalue weighted by atomic mass is 9.95. The molecule has 1 aliphatic heterocycles. The summed E-state index contributed by atoms with van der Waals surface area (Å²) in [6.45, 7) is -0.919.